The van der Waals surface area contributed by atoms with Gasteiger partial charge in [0.05, 0.1) is 12.7 Å². The van der Waals surface area contributed by atoms with E-state index in [1.165, 1.54) is 0 Å². The molecule has 0 rings (SSSR count). The van der Waals surface area contributed by atoms with Crippen LogP contribution < -0.4 is 5.32 Å². The van der Waals surface area contributed by atoms with Gasteiger partial charge in [0.1, 0.15) is 6.29 Å². The molecule has 0 unspecified atom stereocenters. The van der Waals surface area contributed by atoms with Gasteiger partial charge in [0.25, 0.3) is 0 Å². The van der Waals surface area contributed by atoms with Crippen LogP contribution in [0.2, 0.25) is 0 Å². The summed E-state index contributed by atoms with van der Waals surface area (Å²) in [7, 11) is 0. The predicted octanol–water partition coefficient (Wildman–Crippen LogP) is 0.0496. The summed E-state index contributed by atoms with van der Waals surface area (Å²) in [6.45, 7) is -0.453. The Kier molecular flexibility index (Phi) is 5.62. The third kappa shape index (κ3) is 4.00. The number of alkyl halides is 1. The number of carbonyl (C=O) groups excluding carboxylic acids is 2. The fourth-order valence-electron chi connectivity index (χ4n) is 0.575. The van der Waals surface area contributed by atoms with Crippen LogP contribution in [0.15, 0.2) is 0 Å². The van der Waals surface area contributed by atoms with Gasteiger partial charge in [0, 0.05) is 0 Å². The van der Waals surface area contributed by atoms with E-state index >= 15 is 0 Å². The molecule has 0 bridgehead atoms. The lowest BCUT2D eigenvalue weighted by molar-refractivity contribution is -0.115. The average molecular weight is 147 g/mol. The third-order valence-corrected chi connectivity index (χ3v) is 1.10. The first-order valence-electron chi connectivity index (χ1n) is 3.06. The zero-order chi connectivity index (χ0) is 7.82. The molecule has 0 spiro atoms. The van der Waals surface area contributed by atoms with Gasteiger partial charge in [-0.05, 0) is 12.8 Å². The van der Waals surface area contributed by atoms with E-state index in [1.54, 1.807) is 0 Å². The van der Waals surface area contributed by atoms with E-state index in [9.17, 15) is 14.0 Å². The fraction of sp³-hybridized carbons (Fsp3) is 0.667. The molecule has 0 aromatic rings. The minimum atomic E-state index is -0.520. The molecular weight excluding hydrogens is 137 g/mol. The highest BCUT2D eigenvalue weighted by Crippen LogP contribution is 1.93. The molecule has 0 aliphatic heterocycles. The summed E-state index contributed by atoms with van der Waals surface area (Å²) >= 11 is 0. The summed E-state index contributed by atoms with van der Waals surface area (Å²) in [5.74, 6) is 0. The van der Waals surface area contributed by atoms with Crippen LogP contribution in [0, 0.1) is 0 Å². The van der Waals surface area contributed by atoms with Crippen molar-refractivity contribution in [2.24, 2.45) is 0 Å². The van der Waals surface area contributed by atoms with Gasteiger partial charge in [-0.3, -0.25) is 9.18 Å². The first-order chi connectivity index (χ1) is 4.85. The molecule has 0 aliphatic carbocycles. The molecule has 0 saturated heterocycles. The van der Waals surface area contributed by atoms with Crippen molar-refractivity contribution in [3.05, 3.63) is 0 Å². The molecule has 0 aromatic heterocycles. The summed E-state index contributed by atoms with van der Waals surface area (Å²) in [6.07, 6.45) is 1.73. The Morgan fingerprint density at radius 1 is 1.50 bits per heavy atom. The van der Waals surface area contributed by atoms with E-state index in [0.717, 1.165) is 0 Å². The molecule has 3 nitrogen and oxygen atoms in total. The van der Waals surface area contributed by atoms with Crippen molar-refractivity contribution >= 4 is 12.7 Å². The van der Waals surface area contributed by atoms with Crippen LogP contribution >= 0.6 is 0 Å². The molecule has 0 aromatic carbocycles. The molecule has 0 saturated carbocycles. The molecule has 0 fully saturated rings. The quantitative estimate of drug-likeness (QED) is 0.539. The van der Waals surface area contributed by atoms with Crippen LogP contribution in [0.3, 0.4) is 0 Å². The van der Waals surface area contributed by atoms with Crippen molar-refractivity contribution in [1.82, 2.24) is 5.32 Å². The van der Waals surface area contributed by atoms with Gasteiger partial charge in [0.15, 0.2) is 0 Å². The number of hydrogen-bond donors (Lipinski definition) is 1. The third-order valence-electron chi connectivity index (χ3n) is 1.10. The number of aldehydes is 1. The smallest absolute Gasteiger partial charge is 0.207 e. The molecular formula is C6H10FNO2. The zero-order valence-corrected chi connectivity index (χ0v) is 5.55. The summed E-state index contributed by atoms with van der Waals surface area (Å²) in [5, 5.41) is 2.25. The maximum absolute atomic E-state index is 11.5. The van der Waals surface area contributed by atoms with Gasteiger partial charge in [-0.2, -0.15) is 0 Å². The largest absolute Gasteiger partial charge is 0.349 e. The monoisotopic (exact) mass is 147 g/mol. The van der Waals surface area contributed by atoms with Gasteiger partial charge in [-0.15, -0.1) is 0 Å². The molecule has 0 aliphatic rings. The maximum atomic E-state index is 11.5. The first kappa shape index (κ1) is 9.07. The number of rotatable bonds is 6. The van der Waals surface area contributed by atoms with E-state index in [2.05, 4.69) is 5.32 Å². The molecule has 1 atom stereocenters. The van der Waals surface area contributed by atoms with Crippen LogP contribution in [0.4, 0.5) is 4.39 Å². The van der Waals surface area contributed by atoms with Crippen molar-refractivity contribution in [2.45, 2.75) is 18.9 Å². The average Bonchev–Trinajstić information content (AvgIpc) is 1.98. The number of nitrogens with one attached hydrogen (secondary N) is 1. The number of amides is 1. The first-order valence-corrected chi connectivity index (χ1v) is 3.06. The van der Waals surface area contributed by atoms with Crippen LogP contribution in [-0.2, 0) is 9.59 Å². The number of hydrogen-bond acceptors (Lipinski definition) is 2. The molecule has 1 amide bonds. The summed E-state index contributed by atoms with van der Waals surface area (Å²) in [4.78, 5) is 19.8. The molecule has 1 N–H and O–H groups in total. The molecule has 58 valence electrons. The van der Waals surface area contributed by atoms with E-state index in [4.69, 9.17) is 0 Å². The second kappa shape index (κ2) is 6.19. The Morgan fingerprint density at radius 3 is 2.60 bits per heavy atom. The summed E-state index contributed by atoms with van der Waals surface area (Å²) < 4.78 is 11.5. The van der Waals surface area contributed by atoms with Gasteiger partial charge < -0.3 is 10.1 Å². The Balaban J connectivity index is 3.38. The normalized spacial score (nSPS) is 12.1. The Bertz CT molecular complexity index is 108. The standard InChI is InChI=1S/C6H10FNO2/c7-3-1-2-6(4-9)8-5-10/h4-6H,1-3H2,(H,8,10)/t6-/m0/s1. The molecule has 10 heavy (non-hydrogen) atoms. The molecule has 0 radical (unpaired) electrons. The second-order valence-corrected chi connectivity index (χ2v) is 1.86. The van der Waals surface area contributed by atoms with Crippen molar-refractivity contribution in [3.8, 4) is 0 Å². The van der Waals surface area contributed by atoms with Crippen molar-refractivity contribution < 1.29 is 14.0 Å². The Morgan fingerprint density at radius 2 is 2.20 bits per heavy atom. The topological polar surface area (TPSA) is 46.2 Å². The fourth-order valence-corrected chi connectivity index (χ4v) is 0.575. The lowest BCUT2D eigenvalue weighted by Gasteiger charge is -2.05. The van der Waals surface area contributed by atoms with E-state index < -0.39 is 12.7 Å². The number of halogens is 1. The zero-order valence-electron chi connectivity index (χ0n) is 5.55. The van der Waals surface area contributed by atoms with Gasteiger partial charge in [0.2, 0.25) is 6.41 Å². The highest BCUT2D eigenvalue weighted by molar-refractivity contribution is 5.63. The second-order valence-electron chi connectivity index (χ2n) is 1.86. The van der Waals surface area contributed by atoms with Crippen molar-refractivity contribution in [2.75, 3.05) is 6.67 Å². The lowest BCUT2D eigenvalue weighted by atomic mass is 10.2. The Labute approximate surface area is 58.6 Å². The van der Waals surface area contributed by atoms with Crippen molar-refractivity contribution in [1.29, 1.82) is 0 Å². The predicted molar refractivity (Wildman–Crippen MR) is 34.3 cm³/mol. The minimum Gasteiger partial charge on any atom is -0.349 e. The lowest BCUT2D eigenvalue weighted by Crippen LogP contribution is -2.29. The van der Waals surface area contributed by atoms with Gasteiger partial charge >= 0.3 is 0 Å². The van der Waals surface area contributed by atoms with Gasteiger partial charge in [-0.25, -0.2) is 0 Å². The van der Waals surface area contributed by atoms with Crippen LogP contribution in [0.1, 0.15) is 12.8 Å². The highest BCUT2D eigenvalue weighted by atomic mass is 19.1. The van der Waals surface area contributed by atoms with E-state index in [0.29, 0.717) is 25.5 Å². The van der Waals surface area contributed by atoms with E-state index in [1.807, 2.05) is 0 Å². The van der Waals surface area contributed by atoms with Crippen LogP contribution in [0.5, 0.6) is 0 Å². The maximum Gasteiger partial charge on any atom is 0.207 e. The summed E-state index contributed by atoms with van der Waals surface area (Å²) in [5.41, 5.74) is 0. The van der Waals surface area contributed by atoms with Crippen LogP contribution in [-0.4, -0.2) is 25.4 Å². The van der Waals surface area contributed by atoms with E-state index in [-0.39, 0.29) is 0 Å². The molecule has 4 heteroatoms. The minimum absolute atomic E-state index is 0.310. The van der Waals surface area contributed by atoms with Crippen molar-refractivity contribution in [3.63, 3.8) is 0 Å². The SMILES string of the molecule is O=CN[C@H](C=O)CCCF. The number of carbonyl (C=O) groups is 2. The molecule has 0 heterocycles. The van der Waals surface area contributed by atoms with Gasteiger partial charge in [-0.1, -0.05) is 0 Å². The highest BCUT2D eigenvalue weighted by Gasteiger charge is 2.02. The Hall–Kier alpha value is -0.930. The summed E-state index contributed by atoms with van der Waals surface area (Å²) in [6, 6.07) is -0.520. The van der Waals surface area contributed by atoms with Crippen LogP contribution in [0.25, 0.3) is 0 Å².